The van der Waals surface area contributed by atoms with E-state index >= 15 is 0 Å². The minimum Gasteiger partial charge on any atom is -0.441 e. The fourth-order valence-electron chi connectivity index (χ4n) is 4.95. The quantitative estimate of drug-likeness (QED) is 0.201. The largest absolute Gasteiger partial charge is 0.441 e. The molecule has 3 aromatic carbocycles. The maximum Gasteiger partial charge on any atom is 0.411 e. The summed E-state index contributed by atoms with van der Waals surface area (Å²) in [6, 6.07) is 12.6. The highest BCUT2D eigenvalue weighted by atomic mass is 79.9. The van der Waals surface area contributed by atoms with Crippen LogP contribution in [0.25, 0.3) is 0 Å². The lowest BCUT2D eigenvalue weighted by Crippen LogP contribution is -2.59. The lowest BCUT2D eigenvalue weighted by molar-refractivity contribution is -0.290. The Kier molecular flexibility index (Phi) is 4.66. The van der Waals surface area contributed by atoms with Crippen LogP contribution in [-0.4, -0.2) is 18.3 Å². The molecule has 0 amide bonds. The van der Waals surface area contributed by atoms with Crippen LogP contribution in [0.5, 0.6) is 0 Å². The van der Waals surface area contributed by atoms with Crippen molar-refractivity contribution >= 4 is 37.8 Å². The molecule has 0 saturated carbocycles. The second-order valence-electron chi connectivity index (χ2n) is 7.74. The van der Waals surface area contributed by atoms with E-state index in [1.165, 1.54) is 24.3 Å². The Morgan fingerprint density at radius 2 is 1.15 bits per heavy atom. The van der Waals surface area contributed by atoms with Crippen molar-refractivity contribution in [3.63, 3.8) is 0 Å². The monoisotopic (exact) mass is 590 g/mol. The zero-order valence-electron chi connectivity index (χ0n) is 16.1. The summed E-state index contributed by atoms with van der Waals surface area (Å²) < 4.78 is 94.0. The first kappa shape index (κ1) is 22.5. The van der Waals surface area contributed by atoms with E-state index in [1.54, 1.807) is 12.1 Å². The predicted molar refractivity (Wildman–Crippen MR) is 113 cm³/mol. The third-order valence-electron chi connectivity index (χ3n) is 6.15. The summed E-state index contributed by atoms with van der Waals surface area (Å²) >= 11 is 6.04. The summed E-state index contributed by atoms with van der Waals surface area (Å²) in [7, 11) is 0. The number of rotatable bonds is 0. The molecule has 2 aliphatic rings. The molecule has 5 rings (SSSR count). The van der Waals surface area contributed by atoms with Crippen LogP contribution in [0.4, 0.5) is 26.3 Å². The first-order valence-electron chi connectivity index (χ1n) is 9.43. The summed E-state index contributed by atoms with van der Waals surface area (Å²) in [5.41, 5.74) is -8.96. The van der Waals surface area contributed by atoms with Crippen LogP contribution in [0.15, 0.2) is 69.6 Å². The van der Waals surface area contributed by atoms with Crippen LogP contribution in [0.3, 0.4) is 0 Å². The van der Waals surface area contributed by atoms with Crippen molar-refractivity contribution in [2.75, 3.05) is 0 Å². The molecule has 1 aliphatic carbocycles. The first-order chi connectivity index (χ1) is 15.4. The zero-order valence-corrected chi connectivity index (χ0v) is 19.3. The van der Waals surface area contributed by atoms with Gasteiger partial charge in [-0.1, -0.05) is 62.2 Å². The van der Waals surface area contributed by atoms with E-state index in [0.29, 0.717) is 0 Å². The Bertz CT molecular complexity index is 1260. The topological polar surface area (TPSA) is 26.3 Å². The number of ether oxygens (including phenoxy) is 1. The van der Waals surface area contributed by atoms with Crippen LogP contribution in [0.1, 0.15) is 38.2 Å². The number of fused-ring (bicyclic) bond motifs is 6. The van der Waals surface area contributed by atoms with Crippen molar-refractivity contribution in [2.45, 2.75) is 23.4 Å². The maximum atomic E-state index is 14.7. The molecular formula is C23H10Br2F6O2. The second kappa shape index (κ2) is 6.85. The highest BCUT2D eigenvalue weighted by molar-refractivity contribution is 9.10. The first-order valence-corrected chi connectivity index (χ1v) is 11.0. The fraction of sp³-hybridized carbons (Fsp3) is 0.174. The molecule has 0 atom stereocenters. The van der Waals surface area contributed by atoms with Gasteiger partial charge in [0.25, 0.3) is 0 Å². The van der Waals surface area contributed by atoms with Crippen molar-refractivity contribution < 1.29 is 35.9 Å². The number of carbonyl (C=O) groups excluding carboxylic acids is 1. The molecule has 0 unspecified atom stereocenters. The molecule has 10 heteroatoms. The molecule has 0 fully saturated rings. The van der Waals surface area contributed by atoms with Crippen LogP contribution in [0.2, 0.25) is 0 Å². The van der Waals surface area contributed by atoms with Gasteiger partial charge in [-0.05, 0) is 41.5 Å². The molecule has 33 heavy (non-hydrogen) atoms. The average molecular weight is 592 g/mol. The Labute approximate surface area is 199 Å². The third-order valence-corrected chi connectivity index (χ3v) is 7.14. The van der Waals surface area contributed by atoms with Gasteiger partial charge >= 0.3 is 18.3 Å². The zero-order chi connectivity index (χ0) is 24.0. The minimum absolute atomic E-state index is 0.0188. The maximum absolute atomic E-state index is 14.7. The smallest absolute Gasteiger partial charge is 0.411 e. The standard InChI is InChI=1S/C23H10Br2F6O2/c24-11-5-7-15-17(9-11)21(22(26,27)28,23(29,30)31)18-10-12(25)6-8-16(18)20(15)14-4-2-1-3-13(14)19(32)33-20/h1-10H. The Balaban J connectivity index is 2.05. The van der Waals surface area contributed by atoms with Gasteiger partial charge < -0.3 is 4.74 Å². The molecule has 3 aromatic rings. The number of alkyl halides is 6. The highest BCUT2D eigenvalue weighted by Crippen LogP contribution is 2.65. The van der Waals surface area contributed by atoms with Gasteiger partial charge in [0.1, 0.15) is 0 Å². The molecule has 1 aliphatic heterocycles. The number of esters is 1. The Morgan fingerprint density at radius 3 is 1.64 bits per heavy atom. The Morgan fingerprint density at radius 1 is 0.667 bits per heavy atom. The van der Waals surface area contributed by atoms with Crippen molar-refractivity contribution in [3.05, 3.63) is 103 Å². The molecule has 0 radical (unpaired) electrons. The van der Waals surface area contributed by atoms with Crippen LogP contribution >= 0.6 is 31.9 Å². The third kappa shape index (κ3) is 2.70. The number of hydrogen-bond donors (Lipinski definition) is 0. The van der Waals surface area contributed by atoms with Crippen LogP contribution in [0, 0.1) is 0 Å². The number of hydrogen-bond acceptors (Lipinski definition) is 2. The second-order valence-corrected chi connectivity index (χ2v) is 9.57. The summed E-state index contributed by atoms with van der Waals surface area (Å²) in [5, 5.41) is 0. The van der Waals surface area contributed by atoms with E-state index in [0.717, 1.165) is 24.3 Å². The molecule has 1 spiro atoms. The number of benzene rings is 3. The number of halogens is 8. The number of carbonyl (C=O) groups is 1. The highest BCUT2D eigenvalue weighted by Gasteiger charge is 2.77. The van der Waals surface area contributed by atoms with Crippen LogP contribution in [-0.2, 0) is 15.8 Å². The molecule has 0 bridgehead atoms. The summed E-state index contributed by atoms with van der Waals surface area (Å²) in [4.78, 5) is 12.8. The van der Waals surface area contributed by atoms with Crippen LogP contribution < -0.4 is 0 Å². The van der Waals surface area contributed by atoms with E-state index < -0.39 is 51.6 Å². The molecule has 170 valence electrons. The molecule has 1 heterocycles. The summed E-state index contributed by atoms with van der Waals surface area (Å²) in [6.45, 7) is 0. The van der Waals surface area contributed by atoms with E-state index in [4.69, 9.17) is 4.74 Å². The fourth-order valence-corrected chi connectivity index (χ4v) is 5.67. The van der Waals surface area contributed by atoms with Crippen molar-refractivity contribution in [2.24, 2.45) is 0 Å². The SMILES string of the molecule is O=C1OC2(c3ccccc31)c1ccc(Br)cc1C(C(F)(F)F)(C(F)(F)F)c1cc(Br)ccc12. The van der Waals surface area contributed by atoms with E-state index in [1.807, 2.05) is 0 Å². The Hall–Kier alpha value is -2.33. The average Bonchev–Trinajstić information content (AvgIpc) is 2.99. The predicted octanol–water partition coefficient (Wildman–Crippen LogP) is 7.40. The molecule has 0 saturated heterocycles. The summed E-state index contributed by atoms with van der Waals surface area (Å²) in [6.07, 6.45) is -11.5. The van der Waals surface area contributed by atoms with Gasteiger partial charge in [0.2, 0.25) is 5.41 Å². The normalized spacial score (nSPS) is 17.9. The molecule has 0 N–H and O–H groups in total. The van der Waals surface area contributed by atoms with E-state index in [9.17, 15) is 31.1 Å². The lowest BCUT2D eigenvalue weighted by atomic mass is 9.59. The van der Waals surface area contributed by atoms with E-state index in [-0.39, 0.29) is 20.1 Å². The van der Waals surface area contributed by atoms with Gasteiger partial charge in [-0.15, -0.1) is 0 Å². The van der Waals surface area contributed by atoms with Crippen molar-refractivity contribution in [3.8, 4) is 0 Å². The van der Waals surface area contributed by atoms with Crippen molar-refractivity contribution in [1.29, 1.82) is 0 Å². The lowest BCUT2D eigenvalue weighted by Gasteiger charge is -2.48. The van der Waals surface area contributed by atoms with Gasteiger partial charge in [-0.25, -0.2) is 4.79 Å². The van der Waals surface area contributed by atoms with E-state index in [2.05, 4.69) is 31.9 Å². The minimum atomic E-state index is -5.76. The van der Waals surface area contributed by atoms with Gasteiger partial charge in [-0.3, -0.25) is 0 Å². The van der Waals surface area contributed by atoms with Gasteiger partial charge in [0, 0.05) is 25.6 Å². The molecule has 2 nitrogen and oxygen atoms in total. The van der Waals surface area contributed by atoms with Gasteiger partial charge in [-0.2, -0.15) is 26.3 Å². The van der Waals surface area contributed by atoms with Crippen molar-refractivity contribution in [1.82, 2.24) is 0 Å². The summed E-state index contributed by atoms with van der Waals surface area (Å²) in [5.74, 6) is -0.833. The van der Waals surface area contributed by atoms with Gasteiger partial charge in [0.15, 0.2) is 5.60 Å². The molecule has 0 aromatic heterocycles. The molecular weight excluding hydrogens is 582 g/mol. The van der Waals surface area contributed by atoms with Gasteiger partial charge in [0.05, 0.1) is 5.56 Å².